The Labute approximate surface area is 177 Å². The van der Waals surface area contributed by atoms with Gasteiger partial charge >= 0.3 is 0 Å². The molecule has 1 saturated carbocycles. The predicted molar refractivity (Wildman–Crippen MR) is 117 cm³/mol. The number of amides is 1. The summed E-state index contributed by atoms with van der Waals surface area (Å²) in [4.78, 5) is 21.6. The van der Waals surface area contributed by atoms with Crippen molar-refractivity contribution < 1.29 is 9.18 Å². The lowest BCUT2D eigenvalue weighted by atomic mass is 9.93. The third kappa shape index (κ3) is 4.32. The van der Waals surface area contributed by atoms with Crippen molar-refractivity contribution in [3.05, 3.63) is 65.5 Å². The highest BCUT2D eigenvalue weighted by Crippen LogP contribution is 2.34. The number of guanidine groups is 1. The van der Waals surface area contributed by atoms with Gasteiger partial charge in [-0.3, -0.25) is 4.79 Å². The van der Waals surface area contributed by atoms with E-state index in [0.29, 0.717) is 30.7 Å². The average molecular weight is 409 g/mol. The molecule has 0 saturated heterocycles. The molecule has 1 atom stereocenters. The number of aliphatic imine (C=N–C) groups is 1. The van der Waals surface area contributed by atoms with E-state index in [4.69, 9.17) is 5.73 Å². The first-order valence-corrected chi connectivity index (χ1v) is 10.7. The van der Waals surface area contributed by atoms with Crippen LogP contribution in [0.2, 0.25) is 0 Å². The lowest BCUT2D eigenvalue weighted by Gasteiger charge is -2.37. The van der Waals surface area contributed by atoms with Crippen LogP contribution in [0.15, 0.2) is 53.5 Å². The van der Waals surface area contributed by atoms with Crippen molar-refractivity contribution in [3.8, 4) is 0 Å². The molecule has 6 heteroatoms. The Morgan fingerprint density at radius 2 is 1.93 bits per heavy atom. The van der Waals surface area contributed by atoms with Crippen LogP contribution in [0.3, 0.4) is 0 Å². The lowest BCUT2D eigenvalue weighted by molar-refractivity contribution is -0.133. The summed E-state index contributed by atoms with van der Waals surface area (Å²) in [5, 5.41) is 0. The van der Waals surface area contributed by atoms with Crippen molar-refractivity contribution in [2.24, 2.45) is 10.7 Å². The van der Waals surface area contributed by atoms with E-state index in [-0.39, 0.29) is 17.8 Å². The number of nitrogens with two attached hydrogens (primary N) is 1. The molecule has 30 heavy (non-hydrogen) atoms. The summed E-state index contributed by atoms with van der Waals surface area (Å²) in [7, 11) is 1.92. The Bertz CT molecular complexity index is 924. The van der Waals surface area contributed by atoms with Gasteiger partial charge in [0.1, 0.15) is 5.82 Å². The van der Waals surface area contributed by atoms with Crippen LogP contribution in [0.1, 0.15) is 55.7 Å². The second-order valence-corrected chi connectivity index (χ2v) is 8.30. The van der Waals surface area contributed by atoms with Crippen LogP contribution in [-0.4, -0.2) is 34.8 Å². The molecule has 1 fully saturated rings. The summed E-state index contributed by atoms with van der Waals surface area (Å²) < 4.78 is 13.8. The third-order valence-corrected chi connectivity index (χ3v) is 6.36. The molecule has 0 bridgehead atoms. The van der Waals surface area contributed by atoms with E-state index in [1.807, 2.05) is 47.2 Å². The van der Waals surface area contributed by atoms with Gasteiger partial charge < -0.3 is 15.5 Å². The molecule has 2 aromatic carbocycles. The third-order valence-electron chi connectivity index (χ3n) is 6.36. The molecule has 2 aromatic rings. The molecule has 4 rings (SSSR count). The van der Waals surface area contributed by atoms with Crippen molar-refractivity contribution in [3.63, 3.8) is 0 Å². The Hall–Kier alpha value is -2.89. The highest BCUT2D eigenvalue weighted by Gasteiger charge is 2.31. The van der Waals surface area contributed by atoms with Crippen molar-refractivity contribution in [1.29, 1.82) is 0 Å². The topological polar surface area (TPSA) is 61.9 Å². The van der Waals surface area contributed by atoms with E-state index in [1.165, 1.54) is 31.4 Å². The largest absolute Gasteiger partial charge is 0.369 e. The Kier molecular flexibility index (Phi) is 6.02. The van der Waals surface area contributed by atoms with E-state index in [2.05, 4.69) is 4.99 Å². The van der Waals surface area contributed by atoms with Gasteiger partial charge in [-0.2, -0.15) is 0 Å². The SMILES string of the molecule is CN(C(=O)CC(c1ccccc1)N1Cc2cc(F)ccc2N=C1N)C1CCCCC1. The van der Waals surface area contributed by atoms with Gasteiger partial charge in [-0.25, -0.2) is 9.38 Å². The van der Waals surface area contributed by atoms with E-state index in [1.54, 1.807) is 6.07 Å². The van der Waals surface area contributed by atoms with Gasteiger partial charge in [0, 0.05) is 25.2 Å². The molecule has 2 N–H and O–H groups in total. The number of hydrogen-bond acceptors (Lipinski definition) is 4. The zero-order valence-electron chi connectivity index (χ0n) is 17.4. The minimum absolute atomic E-state index is 0.105. The van der Waals surface area contributed by atoms with Gasteiger partial charge in [0.25, 0.3) is 0 Å². The molecule has 0 radical (unpaired) electrons. The van der Waals surface area contributed by atoms with E-state index >= 15 is 0 Å². The molecule has 0 aromatic heterocycles. The smallest absolute Gasteiger partial charge is 0.224 e. The van der Waals surface area contributed by atoms with Gasteiger partial charge in [0.2, 0.25) is 5.91 Å². The number of benzene rings is 2. The van der Waals surface area contributed by atoms with Crippen LogP contribution in [0.5, 0.6) is 0 Å². The van der Waals surface area contributed by atoms with Crippen LogP contribution >= 0.6 is 0 Å². The minimum atomic E-state index is -0.297. The average Bonchev–Trinajstić information content (AvgIpc) is 2.78. The fourth-order valence-corrected chi connectivity index (χ4v) is 4.58. The fraction of sp³-hybridized carbons (Fsp3) is 0.417. The van der Waals surface area contributed by atoms with Crippen molar-refractivity contribution >= 4 is 17.6 Å². The molecule has 0 spiro atoms. The lowest BCUT2D eigenvalue weighted by Crippen LogP contribution is -2.44. The number of carbonyl (C=O) groups is 1. The zero-order valence-corrected chi connectivity index (χ0v) is 17.4. The Morgan fingerprint density at radius 3 is 2.67 bits per heavy atom. The van der Waals surface area contributed by atoms with Crippen LogP contribution < -0.4 is 5.73 Å². The van der Waals surface area contributed by atoms with Gasteiger partial charge in [0.15, 0.2) is 5.96 Å². The molecule has 1 amide bonds. The molecular weight excluding hydrogens is 379 g/mol. The number of fused-ring (bicyclic) bond motifs is 1. The van der Waals surface area contributed by atoms with Gasteiger partial charge in [-0.15, -0.1) is 0 Å². The maximum Gasteiger partial charge on any atom is 0.224 e. The normalized spacial score (nSPS) is 17.8. The standard InChI is InChI=1S/C24H29FN4O/c1-28(20-10-6-3-7-11-20)23(30)15-22(17-8-4-2-5-9-17)29-16-18-14-19(25)12-13-21(18)27-24(29)26/h2,4-5,8-9,12-14,20,22H,3,6-7,10-11,15-16H2,1H3,(H2,26,27). The molecule has 1 heterocycles. The van der Waals surface area contributed by atoms with E-state index < -0.39 is 0 Å². The molecule has 1 aliphatic heterocycles. The quantitative estimate of drug-likeness (QED) is 0.792. The zero-order chi connectivity index (χ0) is 21.1. The Morgan fingerprint density at radius 1 is 1.20 bits per heavy atom. The number of rotatable bonds is 5. The highest BCUT2D eigenvalue weighted by molar-refractivity contribution is 5.85. The Balaban J connectivity index is 1.60. The summed E-state index contributed by atoms with van der Waals surface area (Å²) in [6, 6.07) is 14.5. The van der Waals surface area contributed by atoms with Crippen molar-refractivity contribution in [1.82, 2.24) is 9.80 Å². The monoisotopic (exact) mass is 408 g/mol. The maximum absolute atomic E-state index is 13.8. The number of halogens is 1. The predicted octanol–water partition coefficient (Wildman–Crippen LogP) is 4.51. The first kappa shape index (κ1) is 20.4. The van der Waals surface area contributed by atoms with E-state index in [0.717, 1.165) is 24.0 Å². The first-order valence-electron chi connectivity index (χ1n) is 10.7. The molecule has 1 unspecified atom stereocenters. The van der Waals surface area contributed by atoms with Crippen LogP contribution in [-0.2, 0) is 11.3 Å². The summed E-state index contributed by atoms with van der Waals surface area (Å²) in [6.45, 7) is 0.419. The first-order chi connectivity index (χ1) is 14.5. The fourth-order valence-electron chi connectivity index (χ4n) is 4.58. The number of nitrogens with zero attached hydrogens (tertiary/aromatic N) is 3. The highest BCUT2D eigenvalue weighted by atomic mass is 19.1. The van der Waals surface area contributed by atoms with Crippen molar-refractivity contribution in [2.45, 2.75) is 57.2 Å². The summed E-state index contributed by atoms with van der Waals surface area (Å²) in [5.74, 6) is 0.165. The van der Waals surface area contributed by atoms with E-state index in [9.17, 15) is 9.18 Å². The number of hydrogen-bond donors (Lipinski definition) is 1. The second-order valence-electron chi connectivity index (χ2n) is 8.30. The minimum Gasteiger partial charge on any atom is -0.369 e. The van der Waals surface area contributed by atoms with Crippen LogP contribution in [0.25, 0.3) is 0 Å². The van der Waals surface area contributed by atoms with Gasteiger partial charge in [-0.05, 0) is 36.6 Å². The molecule has 2 aliphatic rings. The molecule has 5 nitrogen and oxygen atoms in total. The summed E-state index contributed by atoms with van der Waals surface area (Å²) >= 11 is 0. The number of carbonyl (C=O) groups excluding carboxylic acids is 1. The van der Waals surface area contributed by atoms with Gasteiger partial charge in [0.05, 0.1) is 18.2 Å². The maximum atomic E-state index is 13.8. The summed E-state index contributed by atoms with van der Waals surface area (Å²) in [6.07, 6.45) is 6.05. The summed E-state index contributed by atoms with van der Waals surface area (Å²) in [5.41, 5.74) is 8.78. The van der Waals surface area contributed by atoms with Crippen molar-refractivity contribution in [2.75, 3.05) is 7.05 Å². The van der Waals surface area contributed by atoms with Crippen LogP contribution in [0, 0.1) is 5.82 Å². The molecular formula is C24H29FN4O. The molecule has 158 valence electrons. The van der Waals surface area contributed by atoms with Gasteiger partial charge in [-0.1, -0.05) is 49.6 Å². The van der Waals surface area contributed by atoms with Crippen LogP contribution in [0.4, 0.5) is 10.1 Å². The molecule has 1 aliphatic carbocycles. The second kappa shape index (κ2) is 8.86.